The SMILES string of the molecule is CC(C)(C)c1c2n(c3ccccc13)-c1ccc(Cl)cc1[C@H]1C=CC[C@@H]21. The van der Waals surface area contributed by atoms with Crippen molar-refractivity contribution < 1.29 is 0 Å². The van der Waals surface area contributed by atoms with Crippen LogP contribution in [-0.4, -0.2) is 4.57 Å². The Bertz CT molecular complexity index is 1030. The Morgan fingerprint density at radius 2 is 1.88 bits per heavy atom. The predicted octanol–water partition coefficient (Wildman–Crippen LogP) is 6.72. The molecule has 2 aromatic carbocycles. The summed E-state index contributed by atoms with van der Waals surface area (Å²) in [5.74, 6) is 0.944. The fraction of sp³-hybridized carbons (Fsp3) is 0.304. The van der Waals surface area contributed by atoms with E-state index in [9.17, 15) is 0 Å². The maximum atomic E-state index is 6.36. The number of fused-ring (bicyclic) bond motifs is 8. The van der Waals surface area contributed by atoms with Crippen molar-refractivity contribution in [2.75, 3.05) is 0 Å². The summed E-state index contributed by atoms with van der Waals surface area (Å²) >= 11 is 6.36. The summed E-state index contributed by atoms with van der Waals surface area (Å²) in [5.41, 5.74) is 7.08. The van der Waals surface area contributed by atoms with Crippen LogP contribution in [0.3, 0.4) is 0 Å². The first-order valence-corrected chi connectivity index (χ1v) is 9.45. The minimum Gasteiger partial charge on any atom is -0.313 e. The highest BCUT2D eigenvalue weighted by molar-refractivity contribution is 6.30. The molecule has 0 saturated carbocycles. The zero-order chi connectivity index (χ0) is 17.3. The number of halogens is 1. The van der Waals surface area contributed by atoms with Crippen LogP contribution in [0.1, 0.15) is 55.8 Å². The van der Waals surface area contributed by atoms with E-state index in [0.717, 1.165) is 11.4 Å². The molecule has 0 fully saturated rings. The molecule has 2 heterocycles. The maximum absolute atomic E-state index is 6.36. The van der Waals surface area contributed by atoms with Gasteiger partial charge in [-0.2, -0.15) is 0 Å². The molecule has 0 unspecified atom stereocenters. The first kappa shape index (κ1) is 15.3. The van der Waals surface area contributed by atoms with Gasteiger partial charge in [0.05, 0.1) is 5.52 Å². The molecule has 1 nitrogen and oxygen atoms in total. The average Bonchev–Trinajstić information content (AvgIpc) is 3.16. The summed E-state index contributed by atoms with van der Waals surface area (Å²) < 4.78 is 2.51. The lowest BCUT2D eigenvalue weighted by Crippen LogP contribution is -2.23. The van der Waals surface area contributed by atoms with Gasteiger partial charge < -0.3 is 4.57 Å². The molecule has 3 aromatic rings. The number of benzene rings is 2. The van der Waals surface area contributed by atoms with Gasteiger partial charge in [-0.1, -0.05) is 62.7 Å². The van der Waals surface area contributed by atoms with Crippen LogP contribution in [0.2, 0.25) is 5.02 Å². The van der Waals surface area contributed by atoms with Crippen molar-refractivity contribution in [1.29, 1.82) is 0 Å². The van der Waals surface area contributed by atoms with Gasteiger partial charge >= 0.3 is 0 Å². The number of hydrogen-bond acceptors (Lipinski definition) is 0. The number of rotatable bonds is 0. The third kappa shape index (κ3) is 2.02. The van der Waals surface area contributed by atoms with Crippen molar-refractivity contribution in [3.63, 3.8) is 0 Å². The smallest absolute Gasteiger partial charge is 0.0534 e. The van der Waals surface area contributed by atoms with E-state index in [1.54, 1.807) is 0 Å². The molecule has 1 aliphatic heterocycles. The average molecular weight is 348 g/mol. The highest BCUT2D eigenvalue weighted by Gasteiger charge is 2.40. The minimum absolute atomic E-state index is 0.108. The molecule has 1 aliphatic carbocycles. The van der Waals surface area contributed by atoms with Gasteiger partial charge in [-0.25, -0.2) is 0 Å². The fourth-order valence-electron chi connectivity index (χ4n) is 4.91. The van der Waals surface area contributed by atoms with E-state index in [1.165, 1.54) is 33.4 Å². The highest BCUT2D eigenvalue weighted by atomic mass is 35.5. The van der Waals surface area contributed by atoms with Crippen molar-refractivity contribution in [2.24, 2.45) is 0 Å². The number of para-hydroxylation sites is 1. The second kappa shape index (κ2) is 5.02. The van der Waals surface area contributed by atoms with Gasteiger partial charge in [0.1, 0.15) is 0 Å². The summed E-state index contributed by atoms with van der Waals surface area (Å²) in [6, 6.07) is 15.2. The second-order valence-corrected chi connectivity index (χ2v) is 8.80. The Kier molecular flexibility index (Phi) is 3.07. The molecule has 5 rings (SSSR count). The number of allylic oxidation sites excluding steroid dienone is 2. The Labute approximate surface area is 153 Å². The Hall–Kier alpha value is -1.99. The molecule has 126 valence electrons. The second-order valence-electron chi connectivity index (χ2n) is 8.36. The van der Waals surface area contributed by atoms with Crippen molar-refractivity contribution in [1.82, 2.24) is 4.57 Å². The van der Waals surface area contributed by atoms with Crippen LogP contribution in [0, 0.1) is 0 Å². The van der Waals surface area contributed by atoms with Crippen molar-refractivity contribution in [3.8, 4) is 5.69 Å². The molecule has 2 heteroatoms. The van der Waals surface area contributed by atoms with Crippen LogP contribution in [0.4, 0.5) is 0 Å². The minimum atomic E-state index is 0.108. The lowest BCUT2D eigenvalue weighted by molar-refractivity contribution is 0.544. The molecular weight excluding hydrogens is 326 g/mol. The molecule has 2 aliphatic rings. The summed E-state index contributed by atoms with van der Waals surface area (Å²) in [7, 11) is 0. The summed E-state index contributed by atoms with van der Waals surface area (Å²) in [6.07, 6.45) is 5.84. The normalized spacial score (nSPS) is 21.3. The first-order chi connectivity index (χ1) is 12.0. The highest BCUT2D eigenvalue weighted by Crippen LogP contribution is 2.53. The molecule has 0 radical (unpaired) electrons. The monoisotopic (exact) mass is 347 g/mol. The van der Waals surface area contributed by atoms with Crippen molar-refractivity contribution >= 4 is 22.5 Å². The molecule has 0 bridgehead atoms. The zero-order valence-electron chi connectivity index (χ0n) is 14.9. The van der Waals surface area contributed by atoms with E-state index < -0.39 is 0 Å². The van der Waals surface area contributed by atoms with Crippen LogP contribution < -0.4 is 0 Å². The lowest BCUT2D eigenvalue weighted by Gasteiger charge is -2.34. The maximum Gasteiger partial charge on any atom is 0.0534 e. The zero-order valence-corrected chi connectivity index (χ0v) is 15.6. The van der Waals surface area contributed by atoms with Gasteiger partial charge in [-0.15, -0.1) is 0 Å². The van der Waals surface area contributed by atoms with E-state index in [2.05, 4.69) is 73.9 Å². The topological polar surface area (TPSA) is 4.93 Å². The predicted molar refractivity (Wildman–Crippen MR) is 106 cm³/mol. The molecule has 2 atom stereocenters. The first-order valence-electron chi connectivity index (χ1n) is 9.07. The van der Waals surface area contributed by atoms with E-state index in [1.807, 2.05) is 6.07 Å². The van der Waals surface area contributed by atoms with Crippen LogP contribution in [0.25, 0.3) is 16.6 Å². The third-order valence-electron chi connectivity index (χ3n) is 5.77. The standard InChI is InChI=1S/C23H22ClN/c1-23(2,3)21-17-7-4-5-10-19(17)25-20-12-11-14(24)13-18(20)15-8-6-9-16(15)22(21)25/h4-8,10-13,15-16H,9H2,1-3H3/t15-,16+/m0/s1. The number of aromatic nitrogens is 1. The number of hydrogen-bond donors (Lipinski definition) is 0. The largest absolute Gasteiger partial charge is 0.313 e. The summed E-state index contributed by atoms with van der Waals surface area (Å²) in [4.78, 5) is 0. The van der Waals surface area contributed by atoms with E-state index in [0.29, 0.717) is 11.8 Å². The van der Waals surface area contributed by atoms with Crippen molar-refractivity contribution in [2.45, 2.75) is 44.4 Å². The van der Waals surface area contributed by atoms with Gasteiger partial charge in [0, 0.05) is 33.6 Å². The van der Waals surface area contributed by atoms with E-state index >= 15 is 0 Å². The van der Waals surface area contributed by atoms with Crippen LogP contribution in [0.15, 0.2) is 54.6 Å². The van der Waals surface area contributed by atoms with Gasteiger partial charge in [-0.05, 0) is 47.2 Å². The Morgan fingerprint density at radius 3 is 2.68 bits per heavy atom. The Balaban J connectivity index is 1.97. The molecule has 0 saturated heterocycles. The third-order valence-corrected chi connectivity index (χ3v) is 6.00. The molecule has 0 spiro atoms. The van der Waals surface area contributed by atoms with Gasteiger partial charge in [0.15, 0.2) is 0 Å². The summed E-state index contributed by atoms with van der Waals surface area (Å²) in [5, 5.41) is 2.22. The van der Waals surface area contributed by atoms with E-state index in [-0.39, 0.29) is 5.41 Å². The molecule has 25 heavy (non-hydrogen) atoms. The van der Waals surface area contributed by atoms with Gasteiger partial charge in [-0.3, -0.25) is 0 Å². The lowest BCUT2D eigenvalue weighted by atomic mass is 9.76. The van der Waals surface area contributed by atoms with Crippen LogP contribution in [0.5, 0.6) is 0 Å². The van der Waals surface area contributed by atoms with Crippen molar-refractivity contribution in [3.05, 3.63) is 76.5 Å². The molecule has 0 N–H and O–H groups in total. The quantitative estimate of drug-likeness (QED) is 0.398. The fourth-order valence-corrected chi connectivity index (χ4v) is 5.09. The molecular formula is C23H22ClN. The Morgan fingerprint density at radius 1 is 1.08 bits per heavy atom. The molecule has 0 amide bonds. The van der Waals surface area contributed by atoms with Gasteiger partial charge in [0.25, 0.3) is 0 Å². The molecule has 1 aromatic heterocycles. The van der Waals surface area contributed by atoms with Gasteiger partial charge in [0.2, 0.25) is 0 Å². The van der Waals surface area contributed by atoms with Crippen LogP contribution >= 0.6 is 11.6 Å². The summed E-state index contributed by atoms with van der Waals surface area (Å²) in [6.45, 7) is 7.01. The number of nitrogens with zero attached hydrogens (tertiary/aromatic N) is 1. The van der Waals surface area contributed by atoms with Crippen LogP contribution in [-0.2, 0) is 5.41 Å². The van der Waals surface area contributed by atoms with E-state index in [4.69, 9.17) is 11.6 Å².